The Balaban J connectivity index is 1.42. The van der Waals surface area contributed by atoms with Crippen molar-refractivity contribution in [2.24, 2.45) is 5.92 Å². The summed E-state index contributed by atoms with van der Waals surface area (Å²) in [6.07, 6.45) is 6.00. The van der Waals surface area contributed by atoms with Crippen molar-refractivity contribution >= 4 is 21.4 Å². The van der Waals surface area contributed by atoms with Gasteiger partial charge in [-0.3, -0.25) is 0 Å². The van der Waals surface area contributed by atoms with Crippen LogP contribution in [0.2, 0.25) is 0 Å². The van der Waals surface area contributed by atoms with Crippen molar-refractivity contribution in [2.45, 2.75) is 45.6 Å². The summed E-state index contributed by atoms with van der Waals surface area (Å²) in [5, 5.41) is 17.1. The van der Waals surface area contributed by atoms with E-state index in [0.29, 0.717) is 5.92 Å². The first-order valence-electron chi connectivity index (χ1n) is 7.96. The molecule has 0 saturated heterocycles. The van der Waals surface area contributed by atoms with Crippen molar-refractivity contribution in [3.8, 4) is 0 Å². The van der Waals surface area contributed by atoms with Gasteiger partial charge in [-0.05, 0) is 12.3 Å². The fraction of sp³-hybridized carbons (Fsp3) is 0.600. The van der Waals surface area contributed by atoms with Crippen LogP contribution in [-0.2, 0) is 18.4 Å². The van der Waals surface area contributed by atoms with Crippen molar-refractivity contribution in [1.29, 1.82) is 0 Å². The highest BCUT2D eigenvalue weighted by Gasteiger charge is 2.21. The Morgan fingerprint density at radius 1 is 1.39 bits per heavy atom. The van der Waals surface area contributed by atoms with Crippen molar-refractivity contribution in [2.75, 3.05) is 11.9 Å². The van der Waals surface area contributed by atoms with Crippen LogP contribution in [0.5, 0.6) is 0 Å². The fourth-order valence-corrected chi connectivity index (χ4v) is 3.65. The van der Waals surface area contributed by atoms with Gasteiger partial charge in [0.25, 0.3) is 0 Å². The third-order valence-corrected chi connectivity index (χ3v) is 5.16. The Morgan fingerprint density at radius 3 is 3.04 bits per heavy atom. The molecule has 23 heavy (non-hydrogen) atoms. The molecule has 0 spiro atoms. The molecule has 3 aromatic rings. The molecule has 0 radical (unpaired) electrons. The summed E-state index contributed by atoms with van der Waals surface area (Å²) in [5.74, 6) is 1.68. The standard InChI is InChI=1S/C15H21N7S/c1-15(2,3)11-8-22-14(18-11)23-13(20-22)16-6-10-4-5-12-19-17-9-21(12)7-10/h8-10H,4-7H2,1-3H3,(H,16,20). The SMILES string of the molecule is CC(C)(C)c1cn2nc(NCC3CCc4nncn4C3)sc2n1. The van der Waals surface area contributed by atoms with Crippen LogP contribution in [0.25, 0.3) is 4.96 Å². The minimum absolute atomic E-state index is 0.0552. The number of hydrogen-bond acceptors (Lipinski definition) is 6. The summed E-state index contributed by atoms with van der Waals surface area (Å²) in [7, 11) is 0. The summed E-state index contributed by atoms with van der Waals surface area (Å²) >= 11 is 1.61. The van der Waals surface area contributed by atoms with Crippen LogP contribution >= 0.6 is 11.3 Å². The van der Waals surface area contributed by atoms with Crippen LogP contribution in [0.1, 0.15) is 38.7 Å². The first-order valence-corrected chi connectivity index (χ1v) is 8.78. The van der Waals surface area contributed by atoms with Crippen LogP contribution in [0.3, 0.4) is 0 Å². The van der Waals surface area contributed by atoms with Gasteiger partial charge in [0.2, 0.25) is 10.1 Å². The first-order chi connectivity index (χ1) is 11.0. The van der Waals surface area contributed by atoms with E-state index in [0.717, 1.165) is 47.5 Å². The Labute approximate surface area is 138 Å². The predicted octanol–water partition coefficient (Wildman–Crippen LogP) is 2.35. The summed E-state index contributed by atoms with van der Waals surface area (Å²) in [5.41, 5.74) is 1.13. The Morgan fingerprint density at radius 2 is 2.26 bits per heavy atom. The average Bonchev–Trinajstić information content (AvgIpc) is 3.17. The number of imidazole rings is 1. The Hall–Kier alpha value is -1.96. The van der Waals surface area contributed by atoms with Crippen LogP contribution in [-0.4, -0.2) is 35.9 Å². The van der Waals surface area contributed by atoms with Crippen molar-refractivity contribution in [3.05, 3.63) is 24.0 Å². The van der Waals surface area contributed by atoms with Crippen LogP contribution in [0.15, 0.2) is 12.5 Å². The van der Waals surface area contributed by atoms with Crippen molar-refractivity contribution in [1.82, 2.24) is 29.4 Å². The first kappa shape index (κ1) is 14.6. The number of aromatic nitrogens is 6. The summed E-state index contributed by atoms with van der Waals surface area (Å²) in [4.78, 5) is 5.63. The molecule has 0 aliphatic carbocycles. The van der Waals surface area contributed by atoms with Gasteiger partial charge in [-0.1, -0.05) is 32.1 Å². The normalized spacial score (nSPS) is 18.3. The van der Waals surface area contributed by atoms with Gasteiger partial charge < -0.3 is 9.88 Å². The maximum absolute atomic E-state index is 4.68. The van der Waals surface area contributed by atoms with Crippen molar-refractivity contribution < 1.29 is 0 Å². The lowest BCUT2D eigenvalue weighted by Crippen LogP contribution is -2.25. The van der Waals surface area contributed by atoms with Gasteiger partial charge in [-0.25, -0.2) is 9.50 Å². The van der Waals surface area contributed by atoms with Crippen LogP contribution in [0.4, 0.5) is 5.13 Å². The third kappa shape index (κ3) is 2.83. The molecule has 122 valence electrons. The zero-order valence-corrected chi connectivity index (χ0v) is 14.5. The molecule has 1 N–H and O–H groups in total. The van der Waals surface area contributed by atoms with Crippen LogP contribution < -0.4 is 5.32 Å². The van der Waals surface area contributed by atoms with E-state index in [9.17, 15) is 0 Å². The molecular formula is C15H21N7S. The lowest BCUT2D eigenvalue weighted by molar-refractivity contribution is 0.381. The summed E-state index contributed by atoms with van der Waals surface area (Å²) in [6.45, 7) is 8.40. The van der Waals surface area contributed by atoms with E-state index in [4.69, 9.17) is 0 Å². The highest BCUT2D eigenvalue weighted by Crippen LogP contribution is 2.26. The molecule has 0 bridgehead atoms. The largest absolute Gasteiger partial charge is 0.360 e. The molecular weight excluding hydrogens is 310 g/mol. The van der Waals surface area contributed by atoms with Gasteiger partial charge in [0.1, 0.15) is 12.2 Å². The van der Waals surface area contributed by atoms with E-state index < -0.39 is 0 Å². The summed E-state index contributed by atoms with van der Waals surface area (Å²) in [6, 6.07) is 0. The topological polar surface area (TPSA) is 72.9 Å². The number of hydrogen-bond donors (Lipinski definition) is 1. The van der Waals surface area contributed by atoms with Crippen LogP contribution in [0, 0.1) is 5.92 Å². The minimum atomic E-state index is 0.0552. The van der Waals surface area contributed by atoms with Gasteiger partial charge in [0.05, 0.1) is 11.9 Å². The van der Waals surface area contributed by atoms with Gasteiger partial charge in [-0.15, -0.1) is 15.3 Å². The average molecular weight is 331 g/mol. The molecule has 0 fully saturated rings. The maximum Gasteiger partial charge on any atom is 0.214 e. The monoisotopic (exact) mass is 331 g/mol. The van der Waals surface area contributed by atoms with Gasteiger partial charge in [0, 0.05) is 24.9 Å². The molecule has 1 aliphatic heterocycles. The van der Waals surface area contributed by atoms with E-state index in [-0.39, 0.29) is 5.41 Å². The lowest BCUT2D eigenvalue weighted by atomic mass is 9.93. The van der Waals surface area contributed by atoms with Gasteiger partial charge in [0.15, 0.2) is 0 Å². The molecule has 0 aromatic carbocycles. The molecule has 4 heterocycles. The molecule has 0 saturated carbocycles. The number of fused-ring (bicyclic) bond motifs is 2. The number of rotatable bonds is 3. The minimum Gasteiger partial charge on any atom is -0.360 e. The maximum atomic E-state index is 4.68. The number of nitrogens with zero attached hydrogens (tertiary/aromatic N) is 6. The van der Waals surface area contributed by atoms with E-state index in [1.807, 2.05) is 17.0 Å². The molecule has 7 nitrogen and oxygen atoms in total. The van der Waals surface area contributed by atoms with Crippen molar-refractivity contribution in [3.63, 3.8) is 0 Å². The van der Waals surface area contributed by atoms with Gasteiger partial charge in [-0.2, -0.15) is 0 Å². The van der Waals surface area contributed by atoms with E-state index >= 15 is 0 Å². The Bertz CT molecular complexity index is 791. The number of anilines is 1. The number of nitrogens with one attached hydrogen (secondary N) is 1. The lowest BCUT2D eigenvalue weighted by Gasteiger charge is -2.22. The third-order valence-electron chi connectivity index (χ3n) is 4.28. The Kier molecular flexibility index (Phi) is 3.37. The zero-order chi connectivity index (χ0) is 16.0. The second kappa shape index (κ2) is 5.30. The number of aryl methyl sites for hydroxylation is 1. The molecule has 3 aromatic heterocycles. The van der Waals surface area contributed by atoms with E-state index in [1.165, 1.54) is 0 Å². The van der Waals surface area contributed by atoms with E-state index in [2.05, 4.69) is 50.9 Å². The predicted molar refractivity (Wildman–Crippen MR) is 89.9 cm³/mol. The second-order valence-corrected chi connectivity index (χ2v) is 8.15. The molecule has 0 amide bonds. The second-order valence-electron chi connectivity index (χ2n) is 7.20. The molecule has 1 atom stereocenters. The van der Waals surface area contributed by atoms with E-state index in [1.54, 1.807) is 11.3 Å². The molecule has 1 aliphatic rings. The summed E-state index contributed by atoms with van der Waals surface area (Å²) < 4.78 is 4.03. The molecule has 4 rings (SSSR count). The molecule has 8 heteroatoms. The molecule has 1 unspecified atom stereocenters. The zero-order valence-electron chi connectivity index (χ0n) is 13.7. The smallest absolute Gasteiger partial charge is 0.214 e. The van der Waals surface area contributed by atoms with Gasteiger partial charge >= 0.3 is 0 Å². The quantitative estimate of drug-likeness (QED) is 0.797. The highest BCUT2D eigenvalue weighted by atomic mass is 32.1. The highest BCUT2D eigenvalue weighted by molar-refractivity contribution is 7.20. The fourth-order valence-electron chi connectivity index (χ4n) is 2.86.